The molecule has 1 fully saturated rings. The quantitative estimate of drug-likeness (QED) is 0.893. The van der Waals surface area contributed by atoms with Crippen LogP contribution in [0.2, 0.25) is 0 Å². The fourth-order valence-corrected chi connectivity index (χ4v) is 2.27. The van der Waals surface area contributed by atoms with Gasteiger partial charge in [-0.2, -0.15) is 0 Å². The molecule has 1 saturated heterocycles. The highest BCUT2D eigenvalue weighted by molar-refractivity contribution is 5.77. The summed E-state index contributed by atoms with van der Waals surface area (Å²) in [5.74, 6) is 1.32. The average molecular weight is 248 g/mol. The van der Waals surface area contributed by atoms with Crippen LogP contribution >= 0.6 is 0 Å². The molecule has 1 aliphatic heterocycles. The lowest BCUT2D eigenvalue weighted by Crippen LogP contribution is -2.25. The lowest BCUT2D eigenvalue weighted by Gasteiger charge is -2.21. The number of urea groups is 1. The molecule has 1 atom stereocenters. The Bertz CT molecular complexity index is 457. The third kappa shape index (κ3) is 2.15. The van der Waals surface area contributed by atoms with E-state index in [1.807, 2.05) is 7.05 Å². The highest BCUT2D eigenvalue weighted by atomic mass is 16.5. The summed E-state index contributed by atoms with van der Waals surface area (Å²) in [6, 6.07) is 6.26. The van der Waals surface area contributed by atoms with E-state index >= 15 is 0 Å². The van der Waals surface area contributed by atoms with E-state index in [9.17, 15) is 4.79 Å². The summed E-state index contributed by atoms with van der Waals surface area (Å²) < 4.78 is 5.47. The van der Waals surface area contributed by atoms with Crippen molar-refractivity contribution in [2.75, 3.05) is 20.7 Å². The van der Waals surface area contributed by atoms with Crippen LogP contribution in [0.5, 0.6) is 5.75 Å². The standard InChI is InChI=1S/C14H20N2O2/c1-9(2)10-5-6-11(13(7-10)18-4)12-8-15-14(17)16(12)3/h5-7,9,12H,8H2,1-4H3,(H,15,17). The first kappa shape index (κ1) is 12.7. The molecule has 0 bridgehead atoms. The molecule has 4 nitrogen and oxygen atoms in total. The fourth-order valence-electron chi connectivity index (χ4n) is 2.27. The minimum Gasteiger partial charge on any atom is -0.496 e. The molecule has 4 heteroatoms. The summed E-state index contributed by atoms with van der Waals surface area (Å²) in [5, 5.41) is 2.84. The molecule has 1 aromatic rings. The predicted octanol–water partition coefficient (Wildman–Crippen LogP) is 2.51. The van der Waals surface area contributed by atoms with E-state index in [2.05, 4.69) is 37.4 Å². The van der Waals surface area contributed by atoms with Gasteiger partial charge < -0.3 is 15.0 Å². The summed E-state index contributed by atoms with van der Waals surface area (Å²) in [6.45, 7) is 4.94. The Morgan fingerprint density at radius 3 is 2.67 bits per heavy atom. The van der Waals surface area contributed by atoms with Crippen molar-refractivity contribution in [2.45, 2.75) is 25.8 Å². The van der Waals surface area contributed by atoms with Gasteiger partial charge in [0.05, 0.1) is 13.2 Å². The highest BCUT2D eigenvalue weighted by Gasteiger charge is 2.30. The lowest BCUT2D eigenvalue weighted by atomic mass is 9.98. The molecular weight excluding hydrogens is 228 g/mol. The number of likely N-dealkylation sites (N-methyl/N-ethyl adjacent to an activating group) is 1. The van der Waals surface area contributed by atoms with Crippen molar-refractivity contribution in [3.8, 4) is 5.75 Å². The summed E-state index contributed by atoms with van der Waals surface area (Å²) >= 11 is 0. The second-order valence-electron chi connectivity index (χ2n) is 4.97. The zero-order valence-corrected chi connectivity index (χ0v) is 11.4. The van der Waals surface area contributed by atoms with Crippen molar-refractivity contribution < 1.29 is 9.53 Å². The van der Waals surface area contributed by atoms with Crippen molar-refractivity contribution in [2.24, 2.45) is 0 Å². The van der Waals surface area contributed by atoms with E-state index < -0.39 is 0 Å². The molecule has 1 N–H and O–H groups in total. The molecule has 1 aromatic carbocycles. The molecule has 1 aliphatic rings. The minimum atomic E-state index is -0.0324. The van der Waals surface area contributed by atoms with Crippen LogP contribution in [-0.2, 0) is 0 Å². The van der Waals surface area contributed by atoms with Crippen molar-refractivity contribution in [1.82, 2.24) is 10.2 Å². The summed E-state index contributed by atoms with van der Waals surface area (Å²) in [7, 11) is 3.48. The topological polar surface area (TPSA) is 41.6 Å². The molecule has 0 radical (unpaired) electrons. The fraction of sp³-hybridized carbons (Fsp3) is 0.500. The molecular formula is C14H20N2O2. The van der Waals surface area contributed by atoms with Gasteiger partial charge in [0, 0.05) is 19.2 Å². The first-order chi connectivity index (χ1) is 8.54. The van der Waals surface area contributed by atoms with E-state index in [0.29, 0.717) is 12.5 Å². The Kier molecular flexibility index (Phi) is 3.45. The molecule has 0 spiro atoms. The number of hydrogen-bond donors (Lipinski definition) is 1. The van der Waals surface area contributed by atoms with E-state index in [-0.39, 0.29) is 12.1 Å². The van der Waals surface area contributed by atoms with Crippen LogP contribution in [0.25, 0.3) is 0 Å². The van der Waals surface area contributed by atoms with Crippen molar-refractivity contribution in [1.29, 1.82) is 0 Å². The third-order valence-electron chi connectivity index (χ3n) is 3.52. The summed E-state index contributed by atoms with van der Waals surface area (Å²) in [6.07, 6.45) is 0. The molecule has 1 heterocycles. The van der Waals surface area contributed by atoms with Crippen LogP contribution in [0, 0.1) is 0 Å². The zero-order chi connectivity index (χ0) is 13.3. The monoisotopic (exact) mass is 248 g/mol. The number of nitrogens with one attached hydrogen (secondary N) is 1. The molecule has 0 aromatic heterocycles. The number of methoxy groups -OCH3 is 1. The van der Waals surface area contributed by atoms with Gasteiger partial charge in [-0.1, -0.05) is 26.0 Å². The van der Waals surface area contributed by atoms with Gasteiger partial charge in [0.2, 0.25) is 0 Å². The van der Waals surface area contributed by atoms with Gasteiger partial charge in [0.15, 0.2) is 0 Å². The van der Waals surface area contributed by atoms with Crippen LogP contribution in [0.3, 0.4) is 0 Å². The Hall–Kier alpha value is -1.71. The van der Waals surface area contributed by atoms with Gasteiger partial charge >= 0.3 is 6.03 Å². The number of rotatable bonds is 3. The first-order valence-corrected chi connectivity index (χ1v) is 6.23. The summed E-state index contributed by atoms with van der Waals surface area (Å²) in [5.41, 5.74) is 2.30. The molecule has 2 rings (SSSR count). The van der Waals surface area contributed by atoms with Gasteiger partial charge in [0.25, 0.3) is 0 Å². The van der Waals surface area contributed by atoms with Gasteiger partial charge in [0.1, 0.15) is 5.75 Å². The maximum Gasteiger partial charge on any atom is 0.317 e. The van der Waals surface area contributed by atoms with Crippen LogP contribution in [0.1, 0.15) is 36.9 Å². The molecule has 1 unspecified atom stereocenters. The van der Waals surface area contributed by atoms with E-state index in [1.54, 1.807) is 12.0 Å². The molecule has 98 valence electrons. The number of carbonyl (C=O) groups is 1. The Labute approximate surface area is 108 Å². The maximum absolute atomic E-state index is 11.5. The maximum atomic E-state index is 11.5. The van der Waals surface area contributed by atoms with Crippen LogP contribution < -0.4 is 10.1 Å². The Morgan fingerprint density at radius 2 is 2.17 bits per heavy atom. The number of carbonyl (C=O) groups excluding carboxylic acids is 1. The SMILES string of the molecule is COc1cc(C(C)C)ccc1C1CNC(=O)N1C. The van der Waals surface area contributed by atoms with Crippen LogP contribution in [0.15, 0.2) is 18.2 Å². The number of amides is 2. The van der Waals surface area contributed by atoms with E-state index in [1.165, 1.54) is 5.56 Å². The van der Waals surface area contributed by atoms with E-state index in [4.69, 9.17) is 4.74 Å². The molecule has 0 aliphatic carbocycles. The first-order valence-electron chi connectivity index (χ1n) is 6.23. The Balaban J connectivity index is 2.36. The predicted molar refractivity (Wildman–Crippen MR) is 71.0 cm³/mol. The minimum absolute atomic E-state index is 0.0324. The molecule has 18 heavy (non-hydrogen) atoms. The van der Waals surface area contributed by atoms with E-state index in [0.717, 1.165) is 11.3 Å². The third-order valence-corrected chi connectivity index (χ3v) is 3.52. The second-order valence-corrected chi connectivity index (χ2v) is 4.97. The second kappa shape index (κ2) is 4.88. The number of hydrogen-bond acceptors (Lipinski definition) is 2. The summed E-state index contributed by atoms with van der Waals surface area (Å²) in [4.78, 5) is 13.2. The average Bonchev–Trinajstić information content (AvgIpc) is 2.69. The molecule has 0 saturated carbocycles. The Morgan fingerprint density at radius 1 is 1.44 bits per heavy atom. The smallest absolute Gasteiger partial charge is 0.317 e. The van der Waals surface area contributed by atoms with Gasteiger partial charge in [-0.05, 0) is 17.5 Å². The zero-order valence-electron chi connectivity index (χ0n) is 11.4. The largest absolute Gasteiger partial charge is 0.496 e. The lowest BCUT2D eigenvalue weighted by molar-refractivity contribution is 0.216. The number of ether oxygens (including phenoxy) is 1. The number of nitrogens with zero attached hydrogens (tertiary/aromatic N) is 1. The van der Waals surface area contributed by atoms with Crippen LogP contribution in [0.4, 0.5) is 4.79 Å². The highest BCUT2D eigenvalue weighted by Crippen LogP contribution is 2.33. The van der Waals surface area contributed by atoms with Crippen molar-refractivity contribution in [3.63, 3.8) is 0 Å². The van der Waals surface area contributed by atoms with Crippen molar-refractivity contribution in [3.05, 3.63) is 29.3 Å². The number of benzene rings is 1. The van der Waals surface area contributed by atoms with Gasteiger partial charge in [-0.3, -0.25) is 0 Å². The normalized spacial score (nSPS) is 19.3. The van der Waals surface area contributed by atoms with Gasteiger partial charge in [-0.25, -0.2) is 4.79 Å². The van der Waals surface area contributed by atoms with Crippen LogP contribution in [-0.4, -0.2) is 31.6 Å². The molecule has 2 amide bonds. The van der Waals surface area contributed by atoms with Gasteiger partial charge in [-0.15, -0.1) is 0 Å². The van der Waals surface area contributed by atoms with Crippen molar-refractivity contribution >= 4 is 6.03 Å².